The predicted molar refractivity (Wildman–Crippen MR) is 133 cm³/mol. The lowest BCUT2D eigenvalue weighted by atomic mass is 10.2. The fourth-order valence-corrected chi connectivity index (χ4v) is 8.21. The second-order valence-electron chi connectivity index (χ2n) is 7.54. The van der Waals surface area contributed by atoms with Crippen LogP contribution in [0.4, 0.5) is 5.13 Å². The van der Waals surface area contributed by atoms with Crippen molar-refractivity contribution in [1.29, 1.82) is 0 Å². The summed E-state index contributed by atoms with van der Waals surface area (Å²) in [7, 11) is -3.74. The Labute approximate surface area is 204 Å². The van der Waals surface area contributed by atoms with E-state index in [-0.39, 0.29) is 16.7 Å². The van der Waals surface area contributed by atoms with Crippen LogP contribution in [-0.4, -0.2) is 42.5 Å². The van der Waals surface area contributed by atoms with Crippen LogP contribution in [0.1, 0.15) is 18.6 Å². The Morgan fingerprint density at radius 2 is 2.18 bits per heavy atom. The van der Waals surface area contributed by atoms with Crippen molar-refractivity contribution in [2.75, 3.05) is 17.7 Å². The highest BCUT2D eigenvalue weighted by atomic mass is 32.2. The van der Waals surface area contributed by atoms with Gasteiger partial charge in [0.25, 0.3) is 10.0 Å². The quantitative estimate of drug-likeness (QED) is 0.318. The molecule has 3 aromatic heterocycles. The number of thiophene rings is 1. The molecular weight excluding hydrogens is 499 g/mol. The zero-order chi connectivity index (χ0) is 23.0. The van der Waals surface area contributed by atoms with Crippen molar-refractivity contribution in [1.82, 2.24) is 9.29 Å². The number of benzene rings is 1. The van der Waals surface area contributed by atoms with Gasteiger partial charge in [-0.2, -0.15) is 4.31 Å². The van der Waals surface area contributed by atoms with Gasteiger partial charge >= 0.3 is 0 Å². The Morgan fingerprint density at radius 3 is 2.91 bits per heavy atom. The fourth-order valence-electron chi connectivity index (χ4n) is 3.91. The van der Waals surface area contributed by atoms with E-state index >= 15 is 0 Å². The van der Waals surface area contributed by atoms with Crippen molar-refractivity contribution < 1.29 is 17.6 Å². The summed E-state index contributed by atoms with van der Waals surface area (Å²) < 4.78 is 34.5. The van der Waals surface area contributed by atoms with Crippen LogP contribution in [-0.2, 0) is 21.4 Å². The van der Waals surface area contributed by atoms with Crippen LogP contribution >= 0.6 is 34.4 Å². The third-order valence-electron chi connectivity index (χ3n) is 5.52. The molecule has 7 nitrogen and oxygen atoms in total. The molecule has 1 unspecified atom stereocenters. The molecule has 0 bridgehead atoms. The van der Waals surface area contributed by atoms with E-state index in [0.29, 0.717) is 30.3 Å². The lowest BCUT2D eigenvalue weighted by molar-refractivity contribution is -0.121. The summed E-state index contributed by atoms with van der Waals surface area (Å²) in [5.41, 5.74) is 0.805. The van der Waals surface area contributed by atoms with Crippen molar-refractivity contribution in [2.24, 2.45) is 0 Å². The molecule has 4 heterocycles. The Morgan fingerprint density at radius 1 is 1.30 bits per heavy atom. The first-order chi connectivity index (χ1) is 16.0. The maximum Gasteiger partial charge on any atom is 0.253 e. The van der Waals surface area contributed by atoms with Crippen LogP contribution in [0.25, 0.3) is 10.2 Å². The van der Waals surface area contributed by atoms with E-state index in [1.165, 1.54) is 15.6 Å². The monoisotopic (exact) mass is 519 g/mol. The van der Waals surface area contributed by atoms with E-state index in [2.05, 4.69) is 6.07 Å². The van der Waals surface area contributed by atoms with Gasteiger partial charge in [0.1, 0.15) is 16.0 Å². The lowest BCUT2D eigenvalue weighted by Crippen LogP contribution is -2.47. The number of rotatable bonds is 7. The second kappa shape index (κ2) is 9.22. The fraction of sp³-hybridized carbons (Fsp3) is 0.273. The number of thiazole rings is 1. The van der Waals surface area contributed by atoms with Gasteiger partial charge in [-0.25, -0.2) is 13.4 Å². The van der Waals surface area contributed by atoms with Crippen LogP contribution < -0.4 is 4.90 Å². The van der Waals surface area contributed by atoms with Crippen LogP contribution in [0.2, 0.25) is 0 Å². The Balaban J connectivity index is 1.52. The van der Waals surface area contributed by atoms with Crippen LogP contribution in [0.5, 0.6) is 0 Å². The Hall–Kier alpha value is -2.18. The molecule has 0 spiro atoms. The lowest BCUT2D eigenvalue weighted by Gasteiger charge is -2.27. The van der Waals surface area contributed by atoms with E-state index in [4.69, 9.17) is 9.40 Å². The third kappa shape index (κ3) is 4.35. The molecule has 0 radical (unpaired) electrons. The molecule has 33 heavy (non-hydrogen) atoms. The maximum atomic E-state index is 13.8. The number of furan rings is 1. The molecule has 1 aromatic carbocycles. The molecule has 0 aliphatic carbocycles. The average molecular weight is 520 g/mol. The molecule has 5 rings (SSSR count). The first-order valence-corrected chi connectivity index (χ1v) is 14.7. The normalized spacial score (nSPS) is 17.1. The molecule has 1 aliphatic rings. The van der Waals surface area contributed by atoms with Gasteiger partial charge in [-0.1, -0.05) is 17.4 Å². The van der Waals surface area contributed by atoms with Gasteiger partial charge in [0.15, 0.2) is 5.13 Å². The van der Waals surface area contributed by atoms with E-state index in [0.717, 1.165) is 26.4 Å². The van der Waals surface area contributed by atoms with Crippen molar-refractivity contribution in [2.45, 2.75) is 34.5 Å². The molecule has 0 N–H and O–H groups in total. The highest BCUT2D eigenvalue weighted by molar-refractivity contribution is 7.98. The van der Waals surface area contributed by atoms with E-state index in [1.807, 2.05) is 18.4 Å². The van der Waals surface area contributed by atoms with Gasteiger partial charge in [0.2, 0.25) is 5.91 Å². The molecule has 172 valence electrons. The first kappa shape index (κ1) is 22.6. The molecule has 0 saturated carbocycles. The maximum absolute atomic E-state index is 13.8. The first-order valence-electron chi connectivity index (χ1n) is 10.3. The summed E-state index contributed by atoms with van der Waals surface area (Å²) in [5, 5.41) is 2.26. The minimum atomic E-state index is -3.74. The van der Waals surface area contributed by atoms with Crippen molar-refractivity contribution >= 4 is 65.7 Å². The predicted octanol–water partition coefficient (Wildman–Crippen LogP) is 5.06. The zero-order valence-electron chi connectivity index (χ0n) is 17.7. The largest absolute Gasteiger partial charge is 0.467 e. The number of fused-ring (bicyclic) bond motifs is 1. The number of sulfonamides is 1. The summed E-state index contributed by atoms with van der Waals surface area (Å²) in [6, 6.07) is 12.1. The van der Waals surface area contributed by atoms with E-state index in [9.17, 15) is 13.2 Å². The van der Waals surface area contributed by atoms with Crippen LogP contribution in [0.3, 0.4) is 0 Å². The average Bonchev–Trinajstić information content (AvgIpc) is 3.63. The van der Waals surface area contributed by atoms with Gasteiger partial charge in [-0.3, -0.25) is 9.69 Å². The minimum Gasteiger partial charge on any atom is -0.467 e. The van der Waals surface area contributed by atoms with Gasteiger partial charge in [0.05, 0.1) is 23.0 Å². The van der Waals surface area contributed by atoms with Crippen LogP contribution in [0.15, 0.2) is 67.6 Å². The molecule has 1 fully saturated rings. The zero-order valence-corrected chi connectivity index (χ0v) is 21.0. The van der Waals surface area contributed by atoms with Crippen molar-refractivity contribution in [3.05, 3.63) is 59.9 Å². The summed E-state index contributed by atoms with van der Waals surface area (Å²) >= 11 is 4.23. The standard InChI is InChI=1S/C22H21N3O4S4/c1-30-16-8-9-17-19(13-16)32-22(23-17)24(14-15-5-3-11-29-15)21(26)18-6-2-10-25(18)33(27,28)20-7-4-12-31-20/h3-5,7-9,11-13,18H,2,6,10,14H2,1H3. The third-order valence-corrected chi connectivity index (χ3v) is 10.6. The molecular formula is C22H21N3O4S4. The summed E-state index contributed by atoms with van der Waals surface area (Å²) in [6.45, 7) is 0.507. The van der Waals surface area contributed by atoms with Crippen LogP contribution in [0, 0.1) is 0 Å². The number of carbonyl (C=O) groups excluding carboxylic acids is 1. The molecule has 1 atom stereocenters. The molecule has 1 amide bonds. The molecule has 1 saturated heterocycles. The van der Waals surface area contributed by atoms with Gasteiger partial charge in [-0.05, 0) is 60.9 Å². The van der Waals surface area contributed by atoms with Gasteiger partial charge < -0.3 is 4.42 Å². The highest BCUT2D eigenvalue weighted by Crippen LogP contribution is 2.35. The molecule has 11 heteroatoms. The molecule has 1 aliphatic heterocycles. The topological polar surface area (TPSA) is 83.7 Å². The summed E-state index contributed by atoms with van der Waals surface area (Å²) in [4.78, 5) is 21.2. The minimum absolute atomic E-state index is 0.185. The Bertz CT molecular complexity index is 1360. The van der Waals surface area contributed by atoms with E-state index in [1.54, 1.807) is 52.6 Å². The SMILES string of the molecule is CSc1ccc2nc(N(Cc3ccco3)C(=O)C3CCCN3S(=O)(=O)c3cccs3)sc2c1. The Kier molecular flexibility index (Phi) is 6.32. The van der Waals surface area contributed by atoms with Crippen molar-refractivity contribution in [3.63, 3.8) is 0 Å². The summed E-state index contributed by atoms with van der Waals surface area (Å²) in [6.07, 6.45) is 4.68. The second-order valence-corrected chi connectivity index (χ2v) is 12.5. The number of carbonyl (C=O) groups is 1. The number of hydrogen-bond donors (Lipinski definition) is 0. The number of aromatic nitrogens is 1. The number of nitrogens with zero attached hydrogens (tertiary/aromatic N) is 3. The number of thioether (sulfide) groups is 1. The van der Waals surface area contributed by atoms with Crippen molar-refractivity contribution in [3.8, 4) is 0 Å². The highest BCUT2D eigenvalue weighted by Gasteiger charge is 2.42. The number of amides is 1. The number of anilines is 1. The van der Waals surface area contributed by atoms with Gasteiger partial charge in [0, 0.05) is 11.4 Å². The number of hydrogen-bond acceptors (Lipinski definition) is 8. The smallest absolute Gasteiger partial charge is 0.253 e. The van der Waals surface area contributed by atoms with Gasteiger partial charge in [-0.15, -0.1) is 23.1 Å². The molecule has 4 aromatic rings. The summed E-state index contributed by atoms with van der Waals surface area (Å²) in [5.74, 6) is 0.325. The van der Waals surface area contributed by atoms with E-state index < -0.39 is 16.1 Å².